The lowest BCUT2D eigenvalue weighted by molar-refractivity contribution is -0.349. The maximum atomic E-state index is 9.91. The summed E-state index contributed by atoms with van der Waals surface area (Å²) in [6.07, 6.45) is 8.61. The number of aliphatic hydroxyl groups is 1. The summed E-state index contributed by atoms with van der Waals surface area (Å²) in [5.74, 6) is -0.920. The highest BCUT2D eigenvalue weighted by molar-refractivity contribution is 5.33. The monoisotopic (exact) mass is 310 g/mol. The number of aryl methyl sites for hydroxylation is 1. The number of ether oxygens (including phenoxy) is 3. The van der Waals surface area contributed by atoms with Crippen LogP contribution in [0.4, 0.5) is 0 Å². The Labute approximate surface area is 134 Å². The zero-order valence-electron chi connectivity index (χ0n) is 14.1. The van der Waals surface area contributed by atoms with Gasteiger partial charge in [-0.25, -0.2) is 0 Å². The van der Waals surface area contributed by atoms with Gasteiger partial charge in [0, 0.05) is 14.2 Å². The van der Waals surface area contributed by atoms with Crippen LogP contribution in [0.15, 0.2) is 24.3 Å². The summed E-state index contributed by atoms with van der Waals surface area (Å²) < 4.78 is 15.5. The molecule has 1 N–H and O–H groups in total. The zero-order chi connectivity index (χ0) is 16.3. The summed E-state index contributed by atoms with van der Waals surface area (Å²) in [6, 6.07) is 7.93. The van der Waals surface area contributed by atoms with Crippen LogP contribution in [0.2, 0.25) is 0 Å². The number of para-hydroxylation sites is 1. The van der Waals surface area contributed by atoms with Crippen molar-refractivity contribution in [1.29, 1.82) is 0 Å². The SMILES string of the molecule is CCCCCCCCc1ccccc1OCC(O)(OC)OC. The van der Waals surface area contributed by atoms with Gasteiger partial charge in [0.2, 0.25) is 0 Å². The summed E-state index contributed by atoms with van der Waals surface area (Å²) in [4.78, 5) is 0. The first-order valence-corrected chi connectivity index (χ1v) is 8.18. The summed E-state index contributed by atoms with van der Waals surface area (Å²) in [5.41, 5.74) is 1.16. The van der Waals surface area contributed by atoms with Crippen molar-refractivity contribution in [1.82, 2.24) is 0 Å². The molecule has 0 fully saturated rings. The molecule has 0 spiro atoms. The second-order valence-electron chi connectivity index (χ2n) is 5.54. The molecule has 0 radical (unpaired) electrons. The molecule has 0 atom stereocenters. The van der Waals surface area contributed by atoms with Gasteiger partial charge in [0.05, 0.1) is 0 Å². The van der Waals surface area contributed by atoms with E-state index in [1.807, 2.05) is 18.2 Å². The molecule has 1 aromatic rings. The van der Waals surface area contributed by atoms with Gasteiger partial charge in [-0.1, -0.05) is 57.2 Å². The molecule has 4 heteroatoms. The number of methoxy groups -OCH3 is 2. The molecule has 4 nitrogen and oxygen atoms in total. The molecule has 0 aliphatic carbocycles. The first-order chi connectivity index (χ1) is 10.6. The molecule has 1 rings (SSSR count). The third kappa shape index (κ3) is 6.77. The average molecular weight is 310 g/mol. The highest BCUT2D eigenvalue weighted by Gasteiger charge is 2.27. The molecule has 0 bridgehead atoms. The van der Waals surface area contributed by atoms with Gasteiger partial charge >= 0.3 is 5.97 Å². The second-order valence-corrected chi connectivity index (χ2v) is 5.54. The molecular weight excluding hydrogens is 280 g/mol. The van der Waals surface area contributed by atoms with E-state index >= 15 is 0 Å². The van der Waals surface area contributed by atoms with E-state index in [1.165, 1.54) is 46.3 Å². The van der Waals surface area contributed by atoms with E-state index in [0.717, 1.165) is 24.2 Å². The Morgan fingerprint density at radius 3 is 2.27 bits per heavy atom. The van der Waals surface area contributed by atoms with E-state index in [4.69, 9.17) is 14.2 Å². The van der Waals surface area contributed by atoms with Crippen molar-refractivity contribution in [3.05, 3.63) is 29.8 Å². The molecule has 1 aromatic carbocycles. The Kier molecular flexibility index (Phi) is 9.13. The highest BCUT2D eigenvalue weighted by atomic mass is 16.8. The van der Waals surface area contributed by atoms with Crippen LogP contribution in [-0.4, -0.2) is 31.9 Å². The predicted molar refractivity (Wildman–Crippen MR) is 88.0 cm³/mol. The van der Waals surface area contributed by atoms with Crippen molar-refractivity contribution in [2.75, 3.05) is 20.8 Å². The maximum Gasteiger partial charge on any atom is 0.316 e. The molecule has 0 amide bonds. The van der Waals surface area contributed by atoms with Crippen LogP contribution in [0.25, 0.3) is 0 Å². The van der Waals surface area contributed by atoms with Crippen molar-refractivity contribution < 1.29 is 19.3 Å². The molecule has 0 heterocycles. The average Bonchev–Trinajstić information content (AvgIpc) is 2.56. The minimum atomic E-state index is -1.70. The fourth-order valence-corrected chi connectivity index (χ4v) is 2.32. The number of benzene rings is 1. The molecule has 22 heavy (non-hydrogen) atoms. The van der Waals surface area contributed by atoms with E-state index in [9.17, 15) is 5.11 Å². The van der Waals surface area contributed by atoms with Crippen molar-refractivity contribution in [3.63, 3.8) is 0 Å². The van der Waals surface area contributed by atoms with Crippen LogP contribution in [0.3, 0.4) is 0 Å². The minimum absolute atomic E-state index is 0.0620. The Morgan fingerprint density at radius 2 is 1.59 bits per heavy atom. The van der Waals surface area contributed by atoms with Crippen molar-refractivity contribution in [3.8, 4) is 5.75 Å². The van der Waals surface area contributed by atoms with Gasteiger partial charge in [0.1, 0.15) is 5.75 Å². The van der Waals surface area contributed by atoms with Crippen molar-refractivity contribution in [2.24, 2.45) is 0 Å². The van der Waals surface area contributed by atoms with E-state index < -0.39 is 5.97 Å². The van der Waals surface area contributed by atoms with Crippen LogP contribution < -0.4 is 4.74 Å². The van der Waals surface area contributed by atoms with E-state index in [-0.39, 0.29) is 6.61 Å². The van der Waals surface area contributed by atoms with Crippen LogP contribution in [0, 0.1) is 0 Å². The highest BCUT2D eigenvalue weighted by Crippen LogP contribution is 2.22. The fraction of sp³-hybridized carbons (Fsp3) is 0.667. The minimum Gasteiger partial charge on any atom is -0.485 e. The molecular formula is C18H30O4. The Hall–Kier alpha value is -1.10. The van der Waals surface area contributed by atoms with E-state index in [1.54, 1.807) is 0 Å². The lowest BCUT2D eigenvalue weighted by Crippen LogP contribution is -2.40. The smallest absolute Gasteiger partial charge is 0.316 e. The van der Waals surface area contributed by atoms with Gasteiger partial charge in [0.25, 0.3) is 0 Å². The van der Waals surface area contributed by atoms with E-state index in [0.29, 0.717) is 0 Å². The van der Waals surface area contributed by atoms with Crippen LogP contribution in [0.5, 0.6) is 5.75 Å². The van der Waals surface area contributed by atoms with Gasteiger partial charge in [0.15, 0.2) is 6.61 Å². The molecule has 126 valence electrons. The predicted octanol–water partition coefficient (Wildman–Crippen LogP) is 3.91. The Morgan fingerprint density at radius 1 is 0.955 bits per heavy atom. The number of hydrogen-bond donors (Lipinski definition) is 1. The largest absolute Gasteiger partial charge is 0.485 e. The molecule has 0 aliphatic rings. The second kappa shape index (κ2) is 10.6. The summed E-state index contributed by atoms with van der Waals surface area (Å²) in [7, 11) is 2.77. The van der Waals surface area contributed by atoms with E-state index in [2.05, 4.69) is 13.0 Å². The standard InChI is InChI=1S/C18H30O4/c1-4-5-6-7-8-9-12-16-13-10-11-14-17(16)22-15-18(19,20-2)21-3/h10-11,13-14,19H,4-9,12,15H2,1-3H3. The first kappa shape index (κ1) is 18.9. The maximum absolute atomic E-state index is 9.91. The molecule has 0 saturated carbocycles. The first-order valence-electron chi connectivity index (χ1n) is 8.18. The Bertz CT molecular complexity index is 402. The van der Waals surface area contributed by atoms with Gasteiger partial charge in [-0.3, -0.25) is 0 Å². The molecule has 0 saturated heterocycles. The normalized spacial score (nSPS) is 11.6. The molecule has 0 aliphatic heterocycles. The zero-order valence-corrected chi connectivity index (χ0v) is 14.1. The molecule has 0 unspecified atom stereocenters. The lowest BCUT2D eigenvalue weighted by atomic mass is 10.0. The molecule has 0 aromatic heterocycles. The van der Waals surface area contributed by atoms with Crippen molar-refractivity contribution >= 4 is 0 Å². The van der Waals surface area contributed by atoms with Crippen molar-refractivity contribution in [2.45, 2.75) is 57.8 Å². The van der Waals surface area contributed by atoms with Crippen LogP contribution in [-0.2, 0) is 15.9 Å². The third-order valence-electron chi connectivity index (χ3n) is 3.82. The number of hydrogen-bond acceptors (Lipinski definition) is 4. The third-order valence-corrected chi connectivity index (χ3v) is 3.82. The topological polar surface area (TPSA) is 47.9 Å². The van der Waals surface area contributed by atoms with Crippen LogP contribution in [0.1, 0.15) is 51.0 Å². The van der Waals surface area contributed by atoms with Gasteiger partial charge in [-0.2, -0.15) is 0 Å². The Balaban J connectivity index is 2.44. The quantitative estimate of drug-likeness (QED) is 0.470. The fourth-order valence-electron chi connectivity index (χ4n) is 2.32. The summed E-state index contributed by atoms with van der Waals surface area (Å²) >= 11 is 0. The number of unbranched alkanes of at least 4 members (excludes halogenated alkanes) is 5. The van der Waals surface area contributed by atoms with Gasteiger partial charge in [-0.15, -0.1) is 0 Å². The lowest BCUT2D eigenvalue weighted by Gasteiger charge is -2.24. The summed E-state index contributed by atoms with van der Waals surface area (Å²) in [5, 5.41) is 9.91. The summed E-state index contributed by atoms with van der Waals surface area (Å²) in [6.45, 7) is 2.17. The van der Waals surface area contributed by atoms with Crippen LogP contribution >= 0.6 is 0 Å². The number of rotatable bonds is 12. The van der Waals surface area contributed by atoms with Gasteiger partial charge in [-0.05, 0) is 24.5 Å². The van der Waals surface area contributed by atoms with Gasteiger partial charge < -0.3 is 19.3 Å².